The van der Waals surface area contributed by atoms with Crippen LogP contribution in [0.3, 0.4) is 0 Å². The predicted molar refractivity (Wildman–Crippen MR) is 94.8 cm³/mol. The van der Waals surface area contributed by atoms with E-state index in [2.05, 4.69) is 0 Å². The van der Waals surface area contributed by atoms with Crippen molar-refractivity contribution in [3.8, 4) is 0 Å². The standard InChI is InChI=1S/C19H18F3NO3S/c20-19(21,22)16-8-6-15(7-9-16)18(24)23(12-14-4-2-1-3-5-14)17-10-11-27(25,26)13-17/h1-9,17H,10-13H2/t17-/m0/s1. The summed E-state index contributed by atoms with van der Waals surface area (Å²) in [5.74, 6) is -0.607. The average molecular weight is 397 g/mol. The first-order valence-corrected chi connectivity index (χ1v) is 10.2. The molecule has 1 amide bonds. The van der Waals surface area contributed by atoms with Crippen molar-refractivity contribution < 1.29 is 26.4 Å². The third kappa shape index (κ3) is 4.68. The van der Waals surface area contributed by atoms with E-state index in [1.165, 1.54) is 4.90 Å². The summed E-state index contributed by atoms with van der Waals surface area (Å²) in [4.78, 5) is 14.4. The Morgan fingerprint density at radius 3 is 2.19 bits per heavy atom. The molecule has 144 valence electrons. The normalized spacial score (nSPS) is 19.0. The molecule has 8 heteroatoms. The van der Waals surface area contributed by atoms with Gasteiger partial charge in [-0.3, -0.25) is 4.79 Å². The van der Waals surface area contributed by atoms with Crippen LogP contribution in [0.15, 0.2) is 54.6 Å². The molecule has 0 saturated carbocycles. The number of sulfone groups is 1. The van der Waals surface area contributed by atoms with Crippen LogP contribution in [-0.4, -0.2) is 36.8 Å². The van der Waals surface area contributed by atoms with Crippen LogP contribution in [0.25, 0.3) is 0 Å². The molecule has 2 aromatic carbocycles. The van der Waals surface area contributed by atoms with Gasteiger partial charge in [-0.2, -0.15) is 13.2 Å². The molecule has 1 saturated heterocycles. The number of hydrogen-bond acceptors (Lipinski definition) is 3. The minimum atomic E-state index is -4.48. The Morgan fingerprint density at radius 2 is 1.67 bits per heavy atom. The van der Waals surface area contributed by atoms with E-state index >= 15 is 0 Å². The van der Waals surface area contributed by atoms with Gasteiger partial charge in [-0.15, -0.1) is 0 Å². The Bertz CT molecular complexity index is 909. The van der Waals surface area contributed by atoms with Gasteiger partial charge in [-0.1, -0.05) is 30.3 Å². The van der Waals surface area contributed by atoms with Crippen LogP contribution in [0.5, 0.6) is 0 Å². The molecule has 3 rings (SSSR count). The van der Waals surface area contributed by atoms with Gasteiger partial charge in [0.1, 0.15) is 0 Å². The Balaban J connectivity index is 1.88. The maximum atomic E-state index is 13.0. The first kappa shape index (κ1) is 19.4. The van der Waals surface area contributed by atoms with Crippen LogP contribution >= 0.6 is 0 Å². The fraction of sp³-hybridized carbons (Fsp3) is 0.316. The Morgan fingerprint density at radius 1 is 1.04 bits per heavy atom. The van der Waals surface area contributed by atoms with Crippen molar-refractivity contribution in [2.24, 2.45) is 0 Å². The average Bonchev–Trinajstić information content (AvgIpc) is 2.99. The second kappa shape index (κ2) is 7.34. The molecule has 0 bridgehead atoms. The molecule has 1 atom stereocenters. The first-order chi connectivity index (χ1) is 12.7. The molecule has 0 aromatic heterocycles. The van der Waals surface area contributed by atoms with Crippen LogP contribution in [0.2, 0.25) is 0 Å². The van der Waals surface area contributed by atoms with E-state index in [1.807, 2.05) is 30.3 Å². The van der Waals surface area contributed by atoms with Crippen LogP contribution in [0.4, 0.5) is 13.2 Å². The van der Waals surface area contributed by atoms with Gasteiger partial charge < -0.3 is 4.90 Å². The van der Waals surface area contributed by atoms with Crippen molar-refractivity contribution in [2.75, 3.05) is 11.5 Å². The topological polar surface area (TPSA) is 54.5 Å². The number of nitrogens with zero attached hydrogens (tertiary/aromatic N) is 1. The SMILES string of the molecule is O=C(c1ccc(C(F)(F)F)cc1)N(Cc1ccccc1)[C@H]1CCS(=O)(=O)C1. The van der Waals surface area contributed by atoms with Crippen molar-refractivity contribution in [1.29, 1.82) is 0 Å². The second-order valence-corrected chi connectivity index (χ2v) is 8.78. The van der Waals surface area contributed by atoms with Gasteiger partial charge >= 0.3 is 6.18 Å². The number of rotatable bonds is 4. The number of carbonyl (C=O) groups is 1. The zero-order chi connectivity index (χ0) is 19.7. The molecule has 1 aliphatic heterocycles. The molecule has 1 fully saturated rings. The van der Waals surface area contributed by atoms with E-state index in [1.54, 1.807) is 0 Å². The maximum Gasteiger partial charge on any atom is 0.416 e. The highest BCUT2D eigenvalue weighted by atomic mass is 32.2. The second-order valence-electron chi connectivity index (χ2n) is 6.55. The Kier molecular flexibility index (Phi) is 5.28. The Labute approximate surface area is 155 Å². The summed E-state index contributed by atoms with van der Waals surface area (Å²) < 4.78 is 61.9. The summed E-state index contributed by atoms with van der Waals surface area (Å²) >= 11 is 0. The van der Waals surface area contributed by atoms with Crippen LogP contribution in [-0.2, 0) is 22.6 Å². The molecule has 0 aliphatic carbocycles. The largest absolute Gasteiger partial charge is 0.416 e. The molecule has 27 heavy (non-hydrogen) atoms. The molecule has 0 N–H and O–H groups in total. The van der Waals surface area contributed by atoms with Gasteiger partial charge in [-0.05, 0) is 36.2 Å². The lowest BCUT2D eigenvalue weighted by atomic mass is 10.1. The number of halogens is 3. The van der Waals surface area contributed by atoms with Gasteiger partial charge in [0.05, 0.1) is 17.1 Å². The van der Waals surface area contributed by atoms with E-state index in [-0.39, 0.29) is 23.6 Å². The monoisotopic (exact) mass is 397 g/mol. The minimum absolute atomic E-state index is 0.00322. The van der Waals surface area contributed by atoms with Gasteiger partial charge in [0, 0.05) is 18.2 Å². The minimum Gasteiger partial charge on any atom is -0.330 e. The van der Waals surface area contributed by atoms with E-state index < -0.39 is 33.5 Å². The molecule has 1 aliphatic rings. The molecule has 1 heterocycles. The maximum absolute atomic E-state index is 13.0. The van der Waals surface area contributed by atoms with Gasteiger partial charge in [0.25, 0.3) is 5.91 Å². The zero-order valence-electron chi connectivity index (χ0n) is 14.3. The molecule has 2 aromatic rings. The quantitative estimate of drug-likeness (QED) is 0.793. The number of benzene rings is 2. The van der Waals surface area contributed by atoms with Crippen molar-refractivity contribution in [3.05, 3.63) is 71.3 Å². The molecular weight excluding hydrogens is 379 g/mol. The highest BCUT2D eigenvalue weighted by Crippen LogP contribution is 2.30. The van der Waals surface area contributed by atoms with Gasteiger partial charge in [-0.25, -0.2) is 8.42 Å². The number of amides is 1. The highest BCUT2D eigenvalue weighted by molar-refractivity contribution is 7.91. The fourth-order valence-electron chi connectivity index (χ4n) is 3.14. The number of alkyl halides is 3. The third-order valence-electron chi connectivity index (χ3n) is 4.56. The van der Waals surface area contributed by atoms with E-state index in [4.69, 9.17) is 0 Å². The van der Waals surface area contributed by atoms with Crippen LogP contribution < -0.4 is 0 Å². The van der Waals surface area contributed by atoms with Crippen molar-refractivity contribution in [1.82, 2.24) is 4.90 Å². The van der Waals surface area contributed by atoms with Crippen molar-refractivity contribution in [2.45, 2.75) is 25.2 Å². The lowest BCUT2D eigenvalue weighted by molar-refractivity contribution is -0.137. The zero-order valence-corrected chi connectivity index (χ0v) is 15.1. The summed E-state index contributed by atoms with van der Waals surface area (Å²) in [6.07, 6.45) is -4.16. The lowest BCUT2D eigenvalue weighted by Crippen LogP contribution is -2.40. The molecule has 4 nitrogen and oxygen atoms in total. The molecule has 0 spiro atoms. The lowest BCUT2D eigenvalue weighted by Gasteiger charge is -2.28. The first-order valence-electron chi connectivity index (χ1n) is 8.38. The van der Waals surface area contributed by atoms with Gasteiger partial charge in [0.15, 0.2) is 9.84 Å². The van der Waals surface area contributed by atoms with Crippen molar-refractivity contribution in [3.63, 3.8) is 0 Å². The number of hydrogen-bond donors (Lipinski definition) is 0. The number of carbonyl (C=O) groups excluding carboxylic acids is 1. The molecule has 0 radical (unpaired) electrons. The van der Waals surface area contributed by atoms with Crippen LogP contribution in [0.1, 0.15) is 27.9 Å². The van der Waals surface area contributed by atoms with Crippen molar-refractivity contribution >= 4 is 15.7 Å². The Hall–Kier alpha value is -2.35. The van der Waals surface area contributed by atoms with Crippen LogP contribution in [0, 0.1) is 0 Å². The summed E-state index contributed by atoms with van der Waals surface area (Å²) in [6.45, 7) is 0.195. The predicted octanol–water partition coefficient (Wildman–Crippen LogP) is 3.53. The summed E-state index contributed by atoms with van der Waals surface area (Å²) in [7, 11) is -3.22. The summed E-state index contributed by atoms with van der Waals surface area (Å²) in [6, 6.07) is 12.6. The smallest absolute Gasteiger partial charge is 0.330 e. The van der Waals surface area contributed by atoms with E-state index in [9.17, 15) is 26.4 Å². The van der Waals surface area contributed by atoms with E-state index in [0.717, 1.165) is 29.8 Å². The highest BCUT2D eigenvalue weighted by Gasteiger charge is 2.35. The molecular formula is C19H18F3NO3S. The molecule has 0 unspecified atom stereocenters. The summed E-state index contributed by atoms with van der Waals surface area (Å²) in [5.41, 5.74) is 0.0855. The summed E-state index contributed by atoms with van der Waals surface area (Å²) in [5, 5.41) is 0. The third-order valence-corrected chi connectivity index (χ3v) is 6.32. The van der Waals surface area contributed by atoms with E-state index in [0.29, 0.717) is 6.42 Å². The fourth-order valence-corrected chi connectivity index (χ4v) is 4.87. The van der Waals surface area contributed by atoms with Gasteiger partial charge in [0.2, 0.25) is 0 Å².